The largest absolute Gasteiger partial charge is 0.467 e. The van der Waals surface area contributed by atoms with Crippen LogP contribution < -0.4 is 14.4 Å². The van der Waals surface area contributed by atoms with Gasteiger partial charge in [-0.25, -0.2) is 18.1 Å². The highest BCUT2D eigenvalue weighted by molar-refractivity contribution is 7.89. The molecule has 0 spiro atoms. The molecule has 0 unspecified atom stereocenters. The molecule has 1 N–H and O–H groups in total. The normalized spacial score (nSPS) is 15.4. The Hall–Kier alpha value is -2.31. The molecule has 2 aromatic heterocycles. The van der Waals surface area contributed by atoms with Gasteiger partial charge in [0.15, 0.2) is 10.9 Å². The maximum Gasteiger partial charge on any atom is 0.321 e. The van der Waals surface area contributed by atoms with Crippen molar-refractivity contribution >= 4 is 16.0 Å². The van der Waals surface area contributed by atoms with E-state index in [2.05, 4.69) is 24.7 Å². The summed E-state index contributed by atoms with van der Waals surface area (Å²) in [6, 6.07) is 0.128. The number of nitrogens with zero attached hydrogens (tertiary/aromatic N) is 6. The van der Waals surface area contributed by atoms with Gasteiger partial charge in [0, 0.05) is 26.3 Å². The zero-order valence-corrected chi connectivity index (χ0v) is 14.7. The first kappa shape index (κ1) is 17.5. The summed E-state index contributed by atoms with van der Waals surface area (Å²) in [6.45, 7) is 2.35. The highest BCUT2D eigenvalue weighted by Crippen LogP contribution is 2.14. The smallest absolute Gasteiger partial charge is 0.321 e. The fourth-order valence-corrected chi connectivity index (χ4v) is 3.18. The second kappa shape index (κ2) is 7.29. The molecule has 25 heavy (non-hydrogen) atoms. The van der Waals surface area contributed by atoms with Crippen LogP contribution >= 0.6 is 0 Å². The van der Waals surface area contributed by atoms with Crippen molar-refractivity contribution in [3.63, 3.8) is 0 Å². The Labute approximate surface area is 145 Å². The van der Waals surface area contributed by atoms with Crippen molar-refractivity contribution in [3.05, 3.63) is 18.3 Å². The lowest BCUT2D eigenvalue weighted by molar-refractivity contribution is 0.122. The molecule has 1 fully saturated rings. The number of anilines is 1. The maximum atomic E-state index is 12.2. The quantitative estimate of drug-likeness (QED) is 0.677. The molecule has 0 aromatic carbocycles. The van der Waals surface area contributed by atoms with Crippen LogP contribution in [-0.2, 0) is 28.4 Å². The molecule has 11 nitrogen and oxygen atoms in total. The van der Waals surface area contributed by atoms with Crippen molar-refractivity contribution in [2.24, 2.45) is 7.05 Å². The van der Waals surface area contributed by atoms with Gasteiger partial charge in [-0.15, -0.1) is 0 Å². The van der Waals surface area contributed by atoms with Gasteiger partial charge in [-0.1, -0.05) is 0 Å². The zero-order chi connectivity index (χ0) is 17.9. The molecule has 0 atom stereocenters. The summed E-state index contributed by atoms with van der Waals surface area (Å²) in [4.78, 5) is 18.4. The van der Waals surface area contributed by atoms with E-state index in [4.69, 9.17) is 9.47 Å². The lowest BCUT2D eigenvalue weighted by atomic mass is 10.4. The number of ether oxygens (including phenoxy) is 2. The van der Waals surface area contributed by atoms with Gasteiger partial charge in [0.1, 0.15) is 0 Å². The van der Waals surface area contributed by atoms with Crippen LogP contribution in [-0.4, -0.2) is 66.3 Å². The number of rotatable bonds is 6. The first-order chi connectivity index (χ1) is 12.0. The SMILES string of the molecule is COc1nc(CNS(=O)(=O)c2cn(C)cn2)nc(N2CCOCC2)n1. The van der Waals surface area contributed by atoms with Crippen molar-refractivity contribution in [2.45, 2.75) is 11.6 Å². The minimum atomic E-state index is -3.75. The van der Waals surface area contributed by atoms with Crippen LogP contribution in [0.25, 0.3) is 0 Å². The fraction of sp³-hybridized carbons (Fsp3) is 0.538. The number of methoxy groups -OCH3 is 1. The van der Waals surface area contributed by atoms with E-state index < -0.39 is 10.0 Å². The number of sulfonamides is 1. The Balaban J connectivity index is 1.77. The summed E-state index contributed by atoms with van der Waals surface area (Å²) < 4.78 is 38.9. The van der Waals surface area contributed by atoms with E-state index >= 15 is 0 Å². The number of nitrogens with one attached hydrogen (secondary N) is 1. The summed E-state index contributed by atoms with van der Waals surface area (Å²) in [5.41, 5.74) is 0. The van der Waals surface area contributed by atoms with Crippen LogP contribution in [0.5, 0.6) is 6.01 Å². The van der Waals surface area contributed by atoms with Crippen molar-refractivity contribution < 1.29 is 17.9 Å². The molecular weight excluding hydrogens is 350 g/mol. The topological polar surface area (TPSA) is 124 Å². The van der Waals surface area contributed by atoms with Crippen molar-refractivity contribution in [1.29, 1.82) is 0 Å². The average Bonchev–Trinajstić information content (AvgIpc) is 3.08. The van der Waals surface area contributed by atoms with Gasteiger partial charge in [-0.3, -0.25) is 0 Å². The number of hydrogen-bond acceptors (Lipinski definition) is 9. The van der Waals surface area contributed by atoms with Crippen LogP contribution in [0.4, 0.5) is 5.95 Å². The molecule has 1 saturated heterocycles. The Bertz CT molecular complexity index is 833. The Morgan fingerprint density at radius 2 is 2.04 bits per heavy atom. The first-order valence-corrected chi connectivity index (χ1v) is 9.05. The fourth-order valence-electron chi connectivity index (χ4n) is 2.22. The van der Waals surface area contributed by atoms with E-state index in [0.29, 0.717) is 32.3 Å². The summed E-state index contributed by atoms with van der Waals surface area (Å²) >= 11 is 0. The molecule has 0 amide bonds. The molecule has 2 aromatic rings. The third-order valence-corrected chi connectivity index (χ3v) is 4.79. The Morgan fingerprint density at radius 3 is 2.68 bits per heavy atom. The lowest BCUT2D eigenvalue weighted by Gasteiger charge is -2.26. The van der Waals surface area contributed by atoms with Gasteiger partial charge in [0.2, 0.25) is 5.95 Å². The van der Waals surface area contributed by atoms with Crippen LogP contribution in [0.15, 0.2) is 17.6 Å². The number of imidazole rings is 1. The van der Waals surface area contributed by atoms with Gasteiger partial charge in [-0.05, 0) is 0 Å². The molecule has 1 aliphatic rings. The molecule has 12 heteroatoms. The number of aryl methyl sites for hydroxylation is 1. The van der Waals surface area contributed by atoms with Gasteiger partial charge >= 0.3 is 6.01 Å². The van der Waals surface area contributed by atoms with Gasteiger partial charge in [0.25, 0.3) is 10.0 Å². The van der Waals surface area contributed by atoms with E-state index in [1.807, 2.05) is 4.90 Å². The van der Waals surface area contributed by atoms with Crippen LogP contribution in [0, 0.1) is 0 Å². The predicted octanol–water partition coefficient (Wildman–Crippen LogP) is -1.07. The second-order valence-corrected chi connectivity index (χ2v) is 7.05. The highest BCUT2D eigenvalue weighted by atomic mass is 32.2. The third kappa shape index (κ3) is 4.21. The lowest BCUT2D eigenvalue weighted by Crippen LogP contribution is -2.37. The third-order valence-electron chi connectivity index (χ3n) is 3.50. The molecule has 3 rings (SSSR count). The van der Waals surface area contributed by atoms with Crippen LogP contribution in [0.1, 0.15) is 5.82 Å². The molecule has 3 heterocycles. The monoisotopic (exact) mass is 369 g/mol. The molecule has 0 aliphatic carbocycles. The van der Waals surface area contributed by atoms with E-state index in [-0.39, 0.29) is 23.4 Å². The summed E-state index contributed by atoms with van der Waals surface area (Å²) in [5.74, 6) is 0.690. The van der Waals surface area contributed by atoms with Gasteiger partial charge in [-0.2, -0.15) is 15.0 Å². The molecule has 0 saturated carbocycles. The summed E-state index contributed by atoms with van der Waals surface area (Å²) in [7, 11) is -0.615. The summed E-state index contributed by atoms with van der Waals surface area (Å²) in [6.07, 6.45) is 2.83. The molecule has 0 bridgehead atoms. The number of aromatic nitrogens is 5. The predicted molar refractivity (Wildman–Crippen MR) is 86.6 cm³/mol. The average molecular weight is 369 g/mol. The molecule has 136 valence electrons. The summed E-state index contributed by atoms with van der Waals surface area (Å²) in [5, 5.41) is -0.0653. The maximum absolute atomic E-state index is 12.2. The van der Waals surface area contributed by atoms with E-state index in [0.717, 1.165) is 0 Å². The Kier molecular flexibility index (Phi) is 5.11. The van der Waals surface area contributed by atoms with Crippen LogP contribution in [0.3, 0.4) is 0 Å². The second-order valence-electron chi connectivity index (χ2n) is 5.34. The van der Waals surface area contributed by atoms with E-state index in [1.54, 1.807) is 11.6 Å². The minimum absolute atomic E-state index is 0.0653. The minimum Gasteiger partial charge on any atom is -0.467 e. The Morgan fingerprint density at radius 1 is 1.28 bits per heavy atom. The van der Waals surface area contributed by atoms with Crippen molar-refractivity contribution in [2.75, 3.05) is 38.3 Å². The first-order valence-electron chi connectivity index (χ1n) is 7.57. The zero-order valence-electron chi connectivity index (χ0n) is 13.9. The highest BCUT2D eigenvalue weighted by Gasteiger charge is 2.20. The van der Waals surface area contributed by atoms with Gasteiger partial charge < -0.3 is 18.9 Å². The van der Waals surface area contributed by atoms with E-state index in [1.165, 1.54) is 19.6 Å². The molecule has 0 radical (unpaired) electrons. The molecular formula is C13H19N7O4S. The van der Waals surface area contributed by atoms with Crippen LogP contribution in [0.2, 0.25) is 0 Å². The van der Waals surface area contributed by atoms with Crippen molar-refractivity contribution in [3.8, 4) is 6.01 Å². The number of hydrogen-bond donors (Lipinski definition) is 1. The van der Waals surface area contributed by atoms with Gasteiger partial charge in [0.05, 0.1) is 33.2 Å². The molecule has 1 aliphatic heterocycles. The standard InChI is InChI=1S/C13H19N7O4S/c1-19-8-11(14-9-19)25(21,22)15-7-10-16-12(18-13(17-10)23-2)20-3-5-24-6-4-20/h8-9,15H,3-7H2,1-2H3. The van der Waals surface area contributed by atoms with E-state index in [9.17, 15) is 8.42 Å². The number of morpholine rings is 1. The van der Waals surface area contributed by atoms with Crippen molar-refractivity contribution in [1.82, 2.24) is 29.2 Å².